The Hall–Kier alpha value is -5.86. The van der Waals surface area contributed by atoms with Crippen molar-refractivity contribution in [3.05, 3.63) is 163 Å². The predicted molar refractivity (Wildman–Crippen MR) is 221 cm³/mol. The minimum Gasteiger partial charge on any atom is -0.498 e. The van der Waals surface area contributed by atoms with Crippen molar-refractivity contribution in [3.63, 3.8) is 0 Å². The van der Waals surface area contributed by atoms with Gasteiger partial charge in [0.1, 0.15) is 17.3 Å². The van der Waals surface area contributed by atoms with E-state index in [4.69, 9.17) is 4.42 Å². The molecule has 6 heteroatoms. The zero-order chi connectivity index (χ0) is 37.6. The topological polar surface area (TPSA) is 67.6 Å². The molecule has 9 rings (SSSR count). The average Bonchev–Trinajstić information content (AvgIpc) is 3.73. The van der Waals surface area contributed by atoms with Crippen molar-refractivity contribution in [2.45, 2.75) is 52.4 Å². The molecule has 0 spiro atoms. The Morgan fingerprint density at radius 2 is 1.33 bits per heavy atom. The van der Waals surface area contributed by atoms with E-state index in [0.29, 0.717) is 16.7 Å². The number of nitrogens with zero attached hydrogens (tertiary/aromatic N) is 4. The molecule has 4 heterocycles. The second-order valence-electron chi connectivity index (χ2n) is 15.7. The molecule has 0 bridgehead atoms. The molecule has 0 amide bonds. The normalized spacial score (nSPS) is 11.7. The summed E-state index contributed by atoms with van der Waals surface area (Å²) in [5.41, 5.74) is 11.1. The number of aromatic nitrogens is 3. The molecule has 0 N–H and O–H groups in total. The van der Waals surface area contributed by atoms with Gasteiger partial charge in [0.15, 0.2) is 0 Å². The first kappa shape index (κ1) is 37.5. The molecule has 273 valence electrons. The molecule has 0 fully saturated rings. The van der Waals surface area contributed by atoms with Gasteiger partial charge in [-0.15, -0.1) is 54.1 Å². The van der Waals surface area contributed by atoms with Gasteiger partial charge in [-0.3, -0.25) is 0 Å². The van der Waals surface area contributed by atoms with Crippen LogP contribution in [0.2, 0.25) is 0 Å². The first-order valence-electron chi connectivity index (χ1n) is 18.2. The number of furan rings is 1. The smallest absolute Gasteiger partial charge is 0.146 e. The summed E-state index contributed by atoms with van der Waals surface area (Å²) in [5, 5.41) is 14.5. The molecule has 55 heavy (non-hydrogen) atoms. The van der Waals surface area contributed by atoms with Crippen molar-refractivity contribution in [1.82, 2.24) is 14.5 Å². The number of nitriles is 1. The molecular formula is C49H40IrN4O-2. The van der Waals surface area contributed by atoms with E-state index >= 15 is 0 Å². The van der Waals surface area contributed by atoms with Crippen LogP contribution in [-0.2, 0) is 30.9 Å². The van der Waals surface area contributed by atoms with Crippen LogP contribution >= 0.6 is 0 Å². The first-order chi connectivity index (χ1) is 26.0. The number of rotatable bonds is 3. The molecule has 5 aromatic carbocycles. The monoisotopic (exact) mass is 893 g/mol. The summed E-state index contributed by atoms with van der Waals surface area (Å²) in [4.78, 5) is 9.03. The largest absolute Gasteiger partial charge is 0.498 e. The van der Waals surface area contributed by atoms with Crippen LogP contribution in [0.25, 0.3) is 71.9 Å². The molecule has 0 aliphatic rings. The molecule has 4 aromatic heterocycles. The van der Waals surface area contributed by atoms with Crippen molar-refractivity contribution in [3.8, 4) is 34.3 Å². The maximum atomic E-state index is 10.3. The molecule has 1 radical (unpaired) electrons. The molecule has 0 atom stereocenters. The maximum Gasteiger partial charge on any atom is 0.146 e. The van der Waals surface area contributed by atoms with E-state index in [-0.39, 0.29) is 30.9 Å². The van der Waals surface area contributed by atoms with Gasteiger partial charge in [-0.2, -0.15) is 5.26 Å². The fourth-order valence-electron chi connectivity index (χ4n) is 7.03. The number of hydrogen-bond donors (Lipinski definition) is 0. The van der Waals surface area contributed by atoms with E-state index < -0.39 is 0 Å². The summed E-state index contributed by atoms with van der Waals surface area (Å²) >= 11 is 0. The Kier molecular flexibility index (Phi) is 10.0. The predicted octanol–water partition coefficient (Wildman–Crippen LogP) is 12.6. The summed E-state index contributed by atoms with van der Waals surface area (Å²) in [6.45, 7) is 13.2. The number of benzene rings is 5. The van der Waals surface area contributed by atoms with Gasteiger partial charge in [0.2, 0.25) is 0 Å². The summed E-state index contributed by atoms with van der Waals surface area (Å²) in [5.74, 6) is 0. The van der Waals surface area contributed by atoms with Gasteiger partial charge in [0.05, 0.1) is 22.2 Å². The second-order valence-corrected chi connectivity index (χ2v) is 15.7. The Labute approximate surface area is 335 Å². The Bertz CT molecular complexity index is 2830. The van der Waals surface area contributed by atoms with E-state index in [1.165, 1.54) is 11.1 Å². The van der Waals surface area contributed by atoms with Crippen LogP contribution in [0.15, 0.2) is 138 Å². The molecule has 9 aromatic rings. The van der Waals surface area contributed by atoms with Crippen LogP contribution in [-0.4, -0.2) is 14.5 Å². The van der Waals surface area contributed by atoms with Gasteiger partial charge in [0, 0.05) is 48.7 Å². The fraction of sp³-hybridized carbons (Fsp3) is 0.163. The van der Waals surface area contributed by atoms with Crippen molar-refractivity contribution < 1.29 is 24.5 Å². The van der Waals surface area contributed by atoms with Gasteiger partial charge in [-0.05, 0) is 57.6 Å². The van der Waals surface area contributed by atoms with Crippen LogP contribution in [0.4, 0.5) is 0 Å². The summed E-state index contributed by atoms with van der Waals surface area (Å²) < 4.78 is 8.89. The summed E-state index contributed by atoms with van der Waals surface area (Å²) in [6, 6.07) is 49.7. The van der Waals surface area contributed by atoms with Gasteiger partial charge in [0.25, 0.3) is 0 Å². The van der Waals surface area contributed by atoms with Gasteiger partial charge < -0.3 is 19.0 Å². The zero-order valence-corrected chi connectivity index (χ0v) is 34.1. The van der Waals surface area contributed by atoms with Crippen molar-refractivity contribution in [1.29, 1.82) is 5.26 Å². The van der Waals surface area contributed by atoms with Gasteiger partial charge >= 0.3 is 0 Å². The van der Waals surface area contributed by atoms with Crippen LogP contribution in [0, 0.1) is 23.5 Å². The third kappa shape index (κ3) is 6.98. The molecule has 0 saturated carbocycles. The van der Waals surface area contributed by atoms with Crippen molar-refractivity contribution in [2.75, 3.05) is 0 Å². The van der Waals surface area contributed by atoms with Crippen LogP contribution in [0.1, 0.15) is 58.2 Å². The van der Waals surface area contributed by atoms with Crippen LogP contribution in [0.5, 0.6) is 0 Å². The summed E-state index contributed by atoms with van der Waals surface area (Å²) in [7, 11) is 0. The van der Waals surface area contributed by atoms with Crippen LogP contribution in [0.3, 0.4) is 0 Å². The molecular weight excluding hydrogens is 853 g/mol. The molecule has 0 unspecified atom stereocenters. The fourth-order valence-corrected chi connectivity index (χ4v) is 7.03. The maximum absolute atomic E-state index is 10.3. The Morgan fingerprint density at radius 3 is 2.02 bits per heavy atom. The third-order valence-corrected chi connectivity index (χ3v) is 9.99. The zero-order valence-electron chi connectivity index (χ0n) is 31.7. The number of pyridine rings is 2. The van der Waals surface area contributed by atoms with Gasteiger partial charge in [-0.1, -0.05) is 113 Å². The van der Waals surface area contributed by atoms with Crippen LogP contribution < -0.4 is 0 Å². The van der Waals surface area contributed by atoms with E-state index in [1.807, 2.05) is 79.0 Å². The summed E-state index contributed by atoms with van der Waals surface area (Å²) in [6.07, 6.45) is 3.73. The molecule has 0 aliphatic carbocycles. The standard InChI is InChI=1S/C34H24N3O.C15H16N.Ir/c1-34(2,3)22-15-17-24-23-9-4-5-13-29(23)37(30(24)19-22)31-21(20-35)14-16-26-25-10-8-11-27(32(25)38-33(26)31)28-12-6-7-18-36-28;1-15(2,3)13-9-10-14(16-11-13)12-7-5-4-6-8-12;/h4-10,12-19H,1-3H3;4-7,9-11H,1-3H3;/q2*-1;. The number of fused-ring (bicyclic) bond motifs is 6. The third-order valence-electron chi connectivity index (χ3n) is 9.99. The number of hydrogen-bond acceptors (Lipinski definition) is 4. The average molecular weight is 893 g/mol. The van der Waals surface area contributed by atoms with E-state index in [1.54, 1.807) is 6.20 Å². The minimum atomic E-state index is -0.0215. The first-order valence-corrected chi connectivity index (χ1v) is 18.2. The van der Waals surface area contributed by atoms with Crippen molar-refractivity contribution in [2.24, 2.45) is 0 Å². The van der Waals surface area contributed by atoms with E-state index in [2.05, 4.69) is 123 Å². The SMILES string of the molecule is CC(C)(C)c1ccc(-c2[c-]cccc2)nc1.CC(C)(C)c1ccc2c3ccccc3n(-c3c(C#N)ccc4c3oc3c(-c5ccccn5)[c-]ccc34)c2c1.[Ir]. The molecule has 0 saturated heterocycles. The van der Waals surface area contributed by atoms with Crippen molar-refractivity contribution >= 4 is 43.7 Å². The minimum absolute atomic E-state index is 0. The molecule has 5 nitrogen and oxygen atoms in total. The number of para-hydroxylation sites is 1. The Balaban J connectivity index is 0.000000231. The molecule has 0 aliphatic heterocycles. The quantitative estimate of drug-likeness (QED) is 0.166. The Morgan fingerprint density at radius 1 is 0.618 bits per heavy atom. The van der Waals surface area contributed by atoms with E-state index in [9.17, 15) is 5.26 Å². The second kappa shape index (κ2) is 14.8. The van der Waals surface area contributed by atoms with Gasteiger partial charge in [-0.25, -0.2) is 0 Å². The van der Waals surface area contributed by atoms with E-state index in [0.717, 1.165) is 60.8 Å².